The van der Waals surface area contributed by atoms with Crippen molar-refractivity contribution in [3.8, 4) is 5.75 Å². The zero-order valence-electron chi connectivity index (χ0n) is 29.0. The van der Waals surface area contributed by atoms with E-state index >= 15 is 0 Å². The second-order valence-corrected chi connectivity index (χ2v) is 13.6. The van der Waals surface area contributed by atoms with Crippen molar-refractivity contribution >= 4 is 51.5 Å². The van der Waals surface area contributed by atoms with Crippen molar-refractivity contribution in [1.29, 1.82) is 0 Å². The van der Waals surface area contributed by atoms with Gasteiger partial charge in [0.2, 0.25) is 11.9 Å². The molecule has 0 atom stereocenters. The summed E-state index contributed by atoms with van der Waals surface area (Å²) >= 11 is 0. The van der Waals surface area contributed by atoms with E-state index in [1.807, 2.05) is 48.5 Å². The molecule has 0 bridgehead atoms. The molecule has 4 heterocycles. The normalized spacial score (nSPS) is 17.9. The maximum absolute atomic E-state index is 13.6. The van der Waals surface area contributed by atoms with Crippen molar-refractivity contribution in [3.05, 3.63) is 73.1 Å². The van der Waals surface area contributed by atoms with Gasteiger partial charge in [0.05, 0.1) is 24.2 Å². The topological polar surface area (TPSA) is 120 Å². The molecule has 2 aliphatic heterocycles. The maximum Gasteiger partial charge on any atom is 0.272 e. The second kappa shape index (κ2) is 14.9. The Balaban J connectivity index is 1.17. The summed E-state index contributed by atoms with van der Waals surface area (Å²) in [5.74, 6) is 0.506. The number of methoxy groups -OCH3 is 1. The van der Waals surface area contributed by atoms with Crippen LogP contribution >= 0.6 is 0 Å². The van der Waals surface area contributed by atoms with E-state index in [9.17, 15) is 9.59 Å². The lowest BCUT2D eigenvalue weighted by atomic mass is 10.0. The van der Waals surface area contributed by atoms with Gasteiger partial charge < -0.3 is 35.1 Å². The van der Waals surface area contributed by atoms with Crippen LogP contribution in [-0.4, -0.2) is 95.6 Å². The Hall–Kier alpha value is -4.94. The highest BCUT2D eigenvalue weighted by Crippen LogP contribution is 2.40. The van der Waals surface area contributed by atoms with Gasteiger partial charge in [0, 0.05) is 74.7 Å². The summed E-state index contributed by atoms with van der Waals surface area (Å²) in [6.45, 7) is 9.86. The Kier molecular flexibility index (Phi) is 9.99. The van der Waals surface area contributed by atoms with Crippen LogP contribution in [0.4, 0.5) is 28.7 Å². The highest BCUT2D eigenvalue weighted by Gasteiger charge is 2.29. The molecule has 1 saturated carbocycles. The van der Waals surface area contributed by atoms with Gasteiger partial charge in [-0.3, -0.25) is 14.5 Å². The van der Waals surface area contributed by atoms with Gasteiger partial charge >= 0.3 is 0 Å². The molecule has 0 unspecified atom stereocenters. The van der Waals surface area contributed by atoms with Gasteiger partial charge in [0.25, 0.3) is 5.91 Å². The number of carbonyl (C=O) groups is 2. The van der Waals surface area contributed by atoms with E-state index in [1.165, 1.54) is 6.08 Å². The molecule has 4 aromatic rings. The Morgan fingerprint density at radius 2 is 1.64 bits per heavy atom. The van der Waals surface area contributed by atoms with Gasteiger partial charge in [-0.1, -0.05) is 37.6 Å². The Morgan fingerprint density at radius 3 is 2.34 bits per heavy atom. The highest BCUT2D eigenvalue weighted by molar-refractivity contribution is 6.06. The molecular formula is C38H47N9O3. The summed E-state index contributed by atoms with van der Waals surface area (Å²) in [7, 11) is 3.83. The number of hydrogen-bond donors (Lipinski definition) is 3. The molecule has 2 saturated heterocycles. The molecule has 2 aromatic carbocycles. The first-order valence-electron chi connectivity index (χ1n) is 17.7. The summed E-state index contributed by atoms with van der Waals surface area (Å²) in [6, 6.07) is 15.9. The number of piperazine rings is 1. The van der Waals surface area contributed by atoms with E-state index in [0.717, 1.165) is 94.6 Å². The van der Waals surface area contributed by atoms with Crippen LogP contribution < -0.4 is 25.6 Å². The van der Waals surface area contributed by atoms with Gasteiger partial charge in [-0.05, 0) is 63.1 Å². The molecule has 12 nitrogen and oxygen atoms in total. The average molecular weight is 678 g/mol. The average Bonchev–Trinajstić information content (AvgIpc) is 3.81. The molecule has 3 aliphatic rings. The molecule has 3 fully saturated rings. The number of hydrogen-bond acceptors (Lipinski definition) is 9. The van der Waals surface area contributed by atoms with Crippen LogP contribution in [0.15, 0.2) is 67.4 Å². The van der Waals surface area contributed by atoms with Crippen LogP contribution in [0.2, 0.25) is 0 Å². The Bertz CT molecular complexity index is 1840. The molecule has 50 heavy (non-hydrogen) atoms. The van der Waals surface area contributed by atoms with Gasteiger partial charge in [0.15, 0.2) is 0 Å². The molecule has 2 aromatic heterocycles. The predicted molar refractivity (Wildman–Crippen MR) is 199 cm³/mol. The molecular weight excluding hydrogens is 630 g/mol. The van der Waals surface area contributed by atoms with E-state index in [0.29, 0.717) is 40.5 Å². The number of para-hydroxylation sites is 1. The van der Waals surface area contributed by atoms with Crippen molar-refractivity contribution in [1.82, 2.24) is 24.3 Å². The highest BCUT2D eigenvalue weighted by atomic mass is 16.5. The molecule has 262 valence electrons. The van der Waals surface area contributed by atoms with E-state index in [2.05, 4.69) is 53.8 Å². The number of nitrogens with one attached hydrogen (secondary N) is 3. The van der Waals surface area contributed by atoms with Crippen LogP contribution in [-0.2, 0) is 4.79 Å². The summed E-state index contributed by atoms with van der Waals surface area (Å²) < 4.78 is 7.98. The minimum Gasteiger partial charge on any atom is -0.494 e. The number of nitrogens with zero attached hydrogens (tertiary/aromatic N) is 6. The standard InChI is InChI=1S/C38H47N9O3/c1-4-35(48)41-30-23-31(34(50-3)24-32(30)46-16-14-28(15-17-46)45-20-18-44(2)19-21-45)42-38-39-25-26-22-33(37(49)40-27-10-6-5-7-11-27)47(36(26)43-38)29-12-8-9-13-29/h4-7,10-11,22-25,28-29H,1,8-9,12-21H2,2-3H3,(H,40,49)(H,41,48)(H,39,42,43). The molecule has 0 radical (unpaired) electrons. The minimum absolute atomic E-state index is 0.168. The maximum atomic E-state index is 13.6. The van der Waals surface area contributed by atoms with Crippen LogP contribution in [0.5, 0.6) is 5.75 Å². The van der Waals surface area contributed by atoms with Crippen molar-refractivity contribution < 1.29 is 14.3 Å². The monoisotopic (exact) mass is 677 g/mol. The number of benzene rings is 2. The molecule has 2 amide bonds. The van der Waals surface area contributed by atoms with Crippen molar-refractivity contribution in [3.63, 3.8) is 0 Å². The van der Waals surface area contributed by atoms with Gasteiger partial charge in [-0.2, -0.15) is 4.98 Å². The Morgan fingerprint density at radius 1 is 0.900 bits per heavy atom. The fraction of sp³-hybridized carbons (Fsp3) is 0.421. The zero-order chi connectivity index (χ0) is 34.6. The number of piperidine rings is 1. The lowest BCUT2D eigenvalue weighted by Crippen LogP contribution is -2.52. The van der Waals surface area contributed by atoms with E-state index in [-0.39, 0.29) is 17.9 Å². The molecule has 7 rings (SSSR count). The van der Waals surface area contributed by atoms with Gasteiger partial charge in [-0.25, -0.2) is 4.98 Å². The SMILES string of the molecule is C=CC(=O)Nc1cc(Nc2ncc3cc(C(=O)Nc4ccccc4)n(C4CCCC4)c3n2)c(OC)cc1N1CCC(N2CCN(C)CC2)CC1. The molecule has 12 heteroatoms. The smallest absolute Gasteiger partial charge is 0.272 e. The van der Waals surface area contributed by atoms with Crippen LogP contribution in [0.1, 0.15) is 55.1 Å². The third-order valence-corrected chi connectivity index (χ3v) is 10.4. The molecule has 1 aliphatic carbocycles. The largest absolute Gasteiger partial charge is 0.494 e. The second-order valence-electron chi connectivity index (χ2n) is 13.6. The molecule has 0 spiro atoms. The first kappa shape index (κ1) is 33.6. The first-order valence-corrected chi connectivity index (χ1v) is 17.7. The number of amides is 2. The van der Waals surface area contributed by atoms with Crippen LogP contribution in [0.25, 0.3) is 11.0 Å². The lowest BCUT2D eigenvalue weighted by molar-refractivity contribution is -0.111. The number of fused-ring (bicyclic) bond motifs is 1. The number of likely N-dealkylation sites (N-methyl/N-ethyl adjacent to an activating group) is 1. The summed E-state index contributed by atoms with van der Waals surface area (Å²) in [5.41, 5.74) is 4.18. The lowest BCUT2D eigenvalue weighted by Gasteiger charge is -2.43. The van der Waals surface area contributed by atoms with E-state index in [4.69, 9.17) is 9.72 Å². The van der Waals surface area contributed by atoms with Gasteiger partial charge in [0.1, 0.15) is 17.1 Å². The quantitative estimate of drug-likeness (QED) is 0.177. The van der Waals surface area contributed by atoms with Crippen LogP contribution in [0, 0.1) is 0 Å². The van der Waals surface area contributed by atoms with E-state index in [1.54, 1.807) is 13.3 Å². The fourth-order valence-corrected chi connectivity index (χ4v) is 7.65. The summed E-state index contributed by atoms with van der Waals surface area (Å²) in [4.78, 5) is 43.2. The van der Waals surface area contributed by atoms with Gasteiger partial charge in [-0.15, -0.1) is 0 Å². The van der Waals surface area contributed by atoms with E-state index < -0.39 is 0 Å². The van der Waals surface area contributed by atoms with Crippen molar-refractivity contribution in [2.45, 2.75) is 50.6 Å². The predicted octanol–water partition coefficient (Wildman–Crippen LogP) is 5.89. The molecule has 3 N–H and O–H groups in total. The number of carbonyl (C=O) groups excluding carboxylic acids is 2. The third kappa shape index (κ3) is 7.17. The zero-order valence-corrected chi connectivity index (χ0v) is 29.0. The number of rotatable bonds is 10. The van der Waals surface area contributed by atoms with Crippen LogP contribution in [0.3, 0.4) is 0 Å². The minimum atomic E-state index is -0.289. The third-order valence-electron chi connectivity index (χ3n) is 10.4. The Labute approximate surface area is 293 Å². The van der Waals surface area contributed by atoms with Crippen molar-refractivity contribution in [2.24, 2.45) is 0 Å². The summed E-state index contributed by atoms with van der Waals surface area (Å²) in [6.07, 6.45) is 9.32. The fourth-order valence-electron chi connectivity index (χ4n) is 7.65. The number of anilines is 5. The van der Waals surface area contributed by atoms with Crippen molar-refractivity contribution in [2.75, 3.05) is 74.3 Å². The number of ether oxygens (including phenoxy) is 1. The summed E-state index contributed by atoms with van der Waals surface area (Å²) in [5, 5.41) is 10.2. The number of aromatic nitrogens is 3. The first-order chi connectivity index (χ1) is 24.4.